The molecule has 2 aromatic carbocycles. The average Bonchev–Trinajstić information content (AvgIpc) is 2.56. The largest absolute Gasteiger partial charge is 0.506 e. The van der Waals surface area contributed by atoms with E-state index in [2.05, 4.69) is 97.3 Å². The first-order valence-corrected chi connectivity index (χ1v) is 12.1. The predicted molar refractivity (Wildman–Crippen MR) is 135 cm³/mol. The first-order chi connectivity index (χ1) is 12.3. The van der Waals surface area contributed by atoms with Crippen molar-refractivity contribution in [3.05, 3.63) is 44.1 Å². The van der Waals surface area contributed by atoms with Crippen molar-refractivity contribution in [1.29, 1.82) is 0 Å². The lowest BCUT2D eigenvalue weighted by Crippen LogP contribution is -2.09. The van der Waals surface area contributed by atoms with Crippen molar-refractivity contribution in [2.75, 3.05) is 6.61 Å². The zero-order valence-corrected chi connectivity index (χ0v) is 22.5. The van der Waals surface area contributed by atoms with Crippen LogP contribution < -0.4 is 4.74 Å². The highest BCUT2D eigenvalue weighted by atomic mass is 127. The van der Waals surface area contributed by atoms with E-state index in [1.54, 1.807) is 12.1 Å². The molecule has 0 radical (unpaired) electrons. The summed E-state index contributed by atoms with van der Waals surface area (Å²) in [6, 6.07) is 7.47. The van der Waals surface area contributed by atoms with E-state index in [-0.39, 0.29) is 18.1 Å². The molecule has 0 fully saturated rings. The van der Waals surface area contributed by atoms with E-state index in [1.165, 1.54) is 0 Å². The molecule has 2 aromatic rings. The molecule has 2 rings (SSSR count). The summed E-state index contributed by atoms with van der Waals surface area (Å²) in [5, 5.41) is 9.89. The predicted octanol–water partition coefficient (Wildman–Crippen LogP) is 6.49. The van der Waals surface area contributed by atoms with Gasteiger partial charge in [-0.2, -0.15) is 0 Å². The van der Waals surface area contributed by atoms with E-state index in [9.17, 15) is 9.90 Å². The number of rotatable bonds is 7. The molecule has 0 unspecified atom stereocenters. The van der Waals surface area contributed by atoms with Gasteiger partial charge in [-0.15, -0.1) is 0 Å². The minimum Gasteiger partial charge on any atom is -0.506 e. The van der Waals surface area contributed by atoms with Crippen molar-refractivity contribution in [3.8, 4) is 17.2 Å². The fourth-order valence-corrected chi connectivity index (χ4v) is 5.91. The zero-order valence-electron chi connectivity index (χ0n) is 13.8. The Hall–Kier alpha value is 0.430. The molecule has 0 aliphatic carbocycles. The van der Waals surface area contributed by atoms with E-state index in [1.807, 2.05) is 12.1 Å². The standard InChI is InChI=1S/C18H16I4O4/c1-2-3-4-25-16(23)7-10-5-14(21)18(15(22)6-10)26-11-8-12(19)17(24)13(20)9-11/h5-6,8-9,24H,2-4,7H2,1H3. The molecular weight excluding hydrogens is 788 g/mol. The van der Waals surface area contributed by atoms with Crippen molar-refractivity contribution in [3.63, 3.8) is 0 Å². The normalized spacial score (nSPS) is 10.7. The molecule has 0 spiro atoms. The Morgan fingerprint density at radius 1 is 1.00 bits per heavy atom. The van der Waals surface area contributed by atoms with Crippen LogP contribution in [0.2, 0.25) is 0 Å². The van der Waals surface area contributed by atoms with E-state index in [0.717, 1.165) is 38.4 Å². The quantitative estimate of drug-likeness (QED) is 0.198. The van der Waals surface area contributed by atoms with Crippen molar-refractivity contribution >= 4 is 96.3 Å². The fourth-order valence-electron chi connectivity index (χ4n) is 2.08. The summed E-state index contributed by atoms with van der Waals surface area (Å²) in [4.78, 5) is 11.9. The zero-order chi connectivity index (χ0) is 19.3. The number of aromatic hydroxyl groups is 1. The average molecular weight is 804 g/mol. The molecule has 0 saturated heterocycles. The number of hydrogen-bond acceptors (Lipinski definition) is 4. The van der Waals surface area contributed by atoms with E-state index < -0.39 is 0 Å². The summed E-state index contributed by atoms with van der Waals surface area (Å²) in [5.41, 5.74) is 0.905. The van der Waals surface area contributed by atoms with Gasteiger partial charge >= 0.3 is 5.97 Å². The molecule has 26 heavy (non-hydrogen) atoms. The Morgan fingerprint density at radius 2 is 1.58 bits per heavy atom. The number of benzene rings is 2. The van der Waals surface area contributed by atoms with Gasteiger partial charge in [0.05, 0.1) is 27.3 Å². The molecule has 4 nitrogen and oxygen atoms in total. The van der Waals surface area contributed by atoms with Gasteiger partial charge in [0.25, 0.3) is 0 Å². The molecule has 0 amide bonds. The first-order valence-electron chi connectivity index (χ1n) is 7.81. The summed E-state index contributed by atoms with van der Waals surface area (Å²) in [6.07, 6.45) is 2.15. The lowest BCUT2D eigenvalue weighted by Gasteiger charge is -2.13. The van der Waals surface area contributed by atoms with Crippen molar-refractivity contribution in [1.82, 2.24) is 0 Å². The van der Waals surface area contributed by atoms with Crippen LogP contribution in [0.25, 0.3) is 0 Å². The fraction of sp³-hybridized carbons (Fsp3) is 0.278. The van der Waals surface area contributed by atoms with Crippen LogP contribution in [-0.2, 0) is 16.0 Å². The highest BCUT2D eigenvalue weighted by Gasteiger charge is 2.14. The van der Waals surface area contributed by atoms with Gasteiger partial charge in [-0.1, -0.05) is 13.3 Å². The maximum absolute atomic E-state index is 11.9. The van der Waals surface area contributed by atoms with Crippen LogP contribution in [-0.4, -0.2) is 17.7 Å². The number of halogens is 4. The Labute approximate surface area is 207 Å². The maximum atomic E-state index is 11.9. The number of phenols is 1. The van der Waals surface area contributed by atoms with Crippen LogP contribution in [0.1, 0.15) is 25.3 Å². The number of carbonyl (C=O) groups excluding carboxylic acids is 1. The summed E-state index contributed by atoms with van der Waals surface area (Å²) in [5.74, 6) is 1.46. The van der Waals surface area contributed by atoms with Gasteiger partial charge < -0.3 is 14.6 Å². The molecule has 0 aliphatic rings. The molecule has 0 bridgehead atoms. The highest BCUT2D eigenvalue weighted by Crippen LogP contribution is 2.36. The lowest BCUT2D eigenvalue weighted by atomic mass is 10.1. The van der Waals surface area contributed by atoms with Crippen LogP contribution in [0.5, 0.6) is 17.2 Å². The van der Waals surface area contributed by atoms with Gasteiger partial charge in [-0.3, -0.25) is 4.79 Å². The Kier molecular flexibility index (Phi) is 9.46. The van der Waals surface area contributed by atoms with Gasteiger partial charge in [0.2, 0.25) is 0 Å². The molecule has 8 heteroatoms. The molecule has 0 atom stereocenters. The lowest BCUT2D eigenvalue weighted by molar-refractivity contribution is -0.142. The van der Waals surface area contributed by atoms with Gasteiger partial charge in [0.15, 0.2) is 5.75 Å². The van der Waals surface area contributed by atoms with Gasteiger partial charge in [0, 0.05) is 0 Å². The molecule has 140 valence electrons. The first kappa shape index (κ1) is 22.7. The molecule has 0 heterocycles. The number of ether oxygens (including phenoxy) is 2. The summed E-state index contributed by atoms with van der Waals surface area (Å²) < 4.78 is 14.6. The smallest absolute Gasteiger partial charge is 0.310 e. The topological polar surface area (TPSA) is 55.8 Å². The monoisotopic (exact) mass is 804 g/mol. The van der Waals surface area contributed by atoms with Crippen molar-refractivity contribution in [2.24, 2.45) is 0 Å². The number of unbranched alkanes of at least 4 members (excludes halogenated alkanes) is 1. The summed E-state index contributed by atoms with van der Waals surface area (Å²) in [6.45, 7) is 2.54. The minimum absolute atomic E-state index is 0.207. The minimum atomic E-state index is -0.207. The third kappa shape index (κ3) is 6.50. The molecule has 1 N–H and O–H groups in total. The highest BCUT2D eigenvalue weighted by molar-refractivity contribution is 14.1. The van der Waals surface area contributed by atoms with Crippen molar-refractivity contribution < 1.29 is 19.4 Å². The summed E-state index contributed by atoms with van der Waals surface area (Å²) >= 11 is 8.57. The van der Waals surface area contributed by atoms with Crippen LogP contribution in [0.15, 0.2) is 24.3 Å². The second kappa shape index (κ2) is 10.8. The Balaban J connectivity index is 2.15. The number of phenolic OH excluding ortho intramolecular Hbond substituents is 1. The molecule has 0 aromatic heterocycles. The molecule has 0 aliphatic heterocycles. The second-order valence-electron chi connectivity index (χ2n) is 5.48. The number of hydrogen-bond donors (Lipinski definition) is 1. The second-order valence-corrected chi connectivity index (χ2v) is 10.1. The Morgan fingerprint density at radius 3 is 2.12 bits per heavy atom. The van der Waals surface area contributed by atoms with Crippen LogP contribution in [0.3, 0.4) is 0 Å². The third-order valence-corrected chi connectivity index (χ3v) is 6.63. The SMILES string of the molecule is CCCCOC(=O)Cc1cc(I)c(Oc2cc(I)c(O)c(I)c2)c(I)c1. The van der Waals surface area contributed by atoms with E-state index >= 15 is 0 Å². The number of esters is 1. The van der Waals surface area contributed by atoms with Gasteiger partial charge in [-0.05, 0) is 127 Å². The van der Waals surface area contributed by atoms with E-state index in [4.69, 9.17) is 9.47 Å². The maximum Gasteiger partial charge on any atom is 0.310 e. The molecular formula is C18H16I4O4. The Bertz CT molecular complexity index is 762. The van der Waals surface area contributed by atoms with Gasteiger partial charge in [-0.25, -0.2) is 0 Å². The molecule has 0 saturated carbocycles. The number of carbonyl (C=O) groups is 1. The summed E-state index contributed by atoms with van der Waals surface area (Å²) in [7, 11) is 0. The van der Waals surface area contributed by atoms with Crippen molar-refractivity contribution in [2.45, 2.75) is 26.2 Å². The van der Waals surface area contributed by atoms with Crippen LogP contribution in [0.4, 0.5) is 0 Å². The van der Waals surface area contributed by atoms with Gasteiger partial charge in [0.1, 0.15) is 11.5 Å². The van der Waals surface area contributed by atoms with Crippen LogP contribution >= 0.6 is 90.4 Å². The van der Waals surface area contributed by atoms with E-state index in [0.29, 0.717) is 12.4 Å². The third-order valence-electron chi connectivity index (χ3n) is 3.38. The van der Waals surface area contributed by atoms with Crippen LogP contribution in [0, 0.1) is 14.3 Å².